The smallest absolute Gasteiger partial charge is 0.273 e. The summed E-state index contributed by atoms with van der Waals surface area (Å²) in [5.41, 5.74) is 4.06. The Labute approximate surface area is 159 Å². The highest BCUT2D eigenvalue weighted by atomic mass is 16.2. The van der Waals surface area contributed by atoms with Gasteiger partial charge in [0, 0.05) is 26.5 Å². The number of imidazole rings is 1. The Morgan fingerprint density at radius 2 is 2.11 bits per heavy atom. The summed E-state index contributed by atoms with van der Waals surface area (Å²) in [5, 5.41) is 4.37. The van der Waals surface area contributed by atoms with Gasteiger partial charge in [0.2, 0.25) is 0 Å². The number of carbonyl (C=O) groups is 1. The Balaban J connectivity index is 1.76. The first-order valence-corrected chi connectivity index (χ1v) is 9.40. The van der Waals surface area contributed by atoms with Crippen molar-refractivity contribution in [3.8, 4) is 0 Å². The molecule has 0 bridgehead atoms. The van der Waals surface area contributed by atoms with Crippen LogP contribution in [-0.4, -0.2) is 30.1 Å². The molecule has 2 heterocycles. The molecule has 140 valence electrons. The minimum Gasteiger partial charge on any atom is -0.337 e. The van der Waals surface area contributed by atoms with E-state index in [0.29, 0.717) is 12.2 Å². The van der Waals surface area contributed by atoms with Crippen molar-refractivity contribution in [2.24, 2.45) is 14.1 Å². The van der Waals surface area contributed by atoms with E-state index in [1.807, 2.05) is 42.7 Å². The van der Waals surface area contributed by atoms with Crippen molar-refractivity contribution in [2.75, 3.05) is 0 Å². The van der Waals surface area contributed by atoms with Crippen LogP contribution < -0.4 is 0 Å². The molecule has 6 nitrogen and oxygen atoms in total. The van der Waals surface area contributed by atoms with Crippen molar-refractivity contribution in [1.82, 2.24) is 24.2 Å². The van der Waals surface area contributed by atoms with Crippen LogP contribution in [0.5, 0.6) is 0 Å². The van der Waals surface area contributed by atoms with Gasteiger partial charge in [0.25, 0.3) is 5.91 Å². The lowest BCUT2D eigenvalue weighted by Gasteiger charge is -2.35. The summed E-state index contributed by atoms with van der Waals surface area (Å²) in [4.78, 5) is 20.0. The summed E-state index contributed by atoms with van der Waals surface area (Å²) in [5.74, 6) is 0.882. The van der Waals surface area contributed by atoms with Gasteiger partial charge in [0.1, 0.15) is 11.5 Å². The Kier molecular flexibility index (Phi) is 4.56. The first-order chi connectivity index (χ1) is 13.0. The van der Waals surface area contributed by atoms with Gasteiger partial charge in [-0.2, -0.15) is 5.10 Å². The maximum absolute atomic E-state index is 13.6. The number of nitrogens with zero attached hydrogens (tertiary/aromatic N) is 5. The lowest BCUT2D eigenvalue weighted by atomic mass is 9.86. The zero-order chi connectivity index (χ0) is 19.0. The second kappa shape index (κ2) is 7.02. The predicted molar refractivity (Wildman–Crippen MR) is 103 cm³/mol. The van der Waals surface area contributed by atoms with Crippen LogP contribution in [0.2, 0.25) is 0 Å². The number of aromatic nitrogens is 4. The largest absolute Gasteiger partial charge is 0.337 e. The van der Waals surface area contributed by atoms with E-state index in [-0.39, 0.29) is 11.9 Å². The highest BCUT2D eigenvalue weighted by Crippen LogP contribution is 2.35. The van der Waals surface area contributed by atoms with Gasteiger partial charge in [-0.15, -0.1) is 0 Å². The van der Waals surface area contributed by atoms with Gasteiger partial charge in [-0.25, -0.2) is 4.98 Å². The zero-order valence-electron chi connectivity index (χ0n) is 16.1. The molecule has 1 aliphatic rings. The van der Waals surface area contributed by atoms with Gasteiger partial charge in [0.15, 0.2) is 0 Å². The van der Waals surface area contributed by atoms with Crippen molar-refractivity contribution in [1.29, 1.82) is 0 Å². The Bertz CT molecular complexity index is 971. The van der Waals surface area contributed by atoms with Crippen LogP contribution in [0.15, 0.2) is 42.7 Å². The summed E-state index contributed by atoms with van der Waals surface area (Å²) in [6.45, 7) is 2.39. The zero-order valence-corrected chi connectivity index (χ0v) is 16.1. The number of benzene rings is 1. The molecular weight excluding hydrogens is 338 g/mol. The van der Waals surface area contributed by atoms with E-state index in [0.717, 1.165) is 30.8 Å². The molecular formula is C21H25N5O. The van der Waals surface area contributed by atoms with Crippen LogP contribution in [0, 0.1) is 6.92 Å². The van der Waals surface area contributed by atoms with Crippen LogP contribution in [0.3, 0.4) is 0 Å². The van der Waals surface area contributed by atoms with E-state index in [1.165, 1.54) is 11.1 Å². The summed E-state index contributed by atoms with van der Waals surface area (Å²) in [7, 11) is 3.79. The molecule has 1 atom stereocenters. The van der Waals surface area contributed by atoms with Crippen LogP contribution >= 0.6 is 0 Å². The quantitative estimate of drug-likeness (QED) is 0.715. The summed E-state index contributed by atoms with van der Waals surface area (Å²) < 4.78 is 3.65. The fourth-order valence-electron chi connectivity index (χ4n) is 4.03. The highest BCUT2D eigenvalue weighted by molar-refractivity contribution is 5.93. The Morgan fingerprint density at radius 1 is 1.30 bits per heavy atom. The number of hydrogen-bond donors (Lipinski definition) is 0. The Hall–Kier alpha value is -2.89. The van der Waals surface area contributed by atoms with E-state index >= 15 is 0 Å². The number of aryl methyl sites for hydroxylation is 4. The predicted octanol–water partition coefficient (Wildman–Crippen LogP) is 3.18. The molecule has 6 heteroatoms. The molecule has 0 saturated carbocycles. The fraction of sp³-hybridized carbons (Fsp3) is 0.381. The topological polar surface area (TPSA) is 56.0 Å². The molecule has 1 amide bonds. The summed E-state index contributed by atoms with van der Waals surface area (Å²) >= 11 is 0. The van der Waals surface area contributed by atoms with Gasteiger partial charge in [-0.3, -0.25) is 9.48 Å². The van der Waals surface area contributed by atoms with E-state index in [4.69, 9.17) is 0 Å². The normalized spacial score (nSPS) is 16.2. The third kappa shape index (κ3) is 3.27. The number of hydrogen-bond acceptors (Lipinski definition) is 3. The molecule has 0 fully saturated rings. The monoisotopic (exact) mass is 363 g/mol. The van der Waals surface area contributed by atoms with Crippen molar-refractivity contribution in [3.63, 3.8) is 0 Å². The van der Waals surface area contributed by atoms with Gasteiger partial charge in [-0.05, 0) is 43.4 Å². The van der Waals surface area contributed by atoms with Crippen molar-refractivity contribution < 1.29 is 4.79 Å². The van der Waals surface area contributed by atoms with Gasteiger partial charge in [-0.1, -0.05) is 24.3 Å². The first kappa shape index (κ1) is 17.5. The molecule has 27 heavy (non-hydrogen) atoms. The average Bonchev–Trinajstić information content (AvgIpc) is 3.23. The van der Waals surface area contributed by atoms with Crippen LogP contribution in [-0.2, 0) is 27.1 Å². The third-order valence-corrected chi connectivity index (χ3v) is 5.43. The molecule has 0 N–H and O–H groups in total. The van der Waals surface area contributed by atoms with Gasteiger partial charge < -0.3 is 9.47 Å². The number of carbonyl (C=O) groups excluding carboxylic acids is 1. The standard InChI is InChI=1S/C21H25N5O/c1-15-13-19(25(3)23-15)21(27)26(14-20-22-11-12-24(20)2)18-10-6-8-16-7-4-5-9-17(16)18/h4-5,7,9,11-13,18H,6,8,10,14H2,1-3H3/t18-/m1/s1. The molecule has 0 spiro atoms. The van der Waals surface area contributed by atoms with E-state index in [1.54, 1.807) is 10.9 Å². The van der Waals surface area contributed by atoms with E-state index in [9.17, 15) is 4.79 Å². The number of rotatable bonds is 4. The van der Waals surface area contributed by atoms with E-state index < -0.39 is 0 Å². The molecule has 0 aliphatic heterocycles. The molecule has 4 rings (SSSR count). The van der Waals surface area contributed by atoms with Crippen LogP contribution in [0.25, 0.3) is 0 Å². The lowest BCUT2D eigenvalue weighted by molar-refractivity contribution is 0.0618. The molecule has 1 aromatic carbocycles. The maximum Gasteiger partial charge on any atom is 0.273 e. The minimum absolute atomic E-state index is 0.00260. The maximum atomic E-state index is 13.6. The fourth-order valence-corrected chi connectivity index (χ4v) is 4.03. The van der Waals surface area contributed by atoms with Crippen LogP contribution in [0.4, 0.5) is 0 Å². The number of amides is 1. The van der Waals surface area contributed by atoms with Crippen molar-refractivity contribution in [3.05, 3.63) is 71.1 Å². The molecule has 0 unspecified atom stereocenters. The molecule has 0 saturated heterocycles. The molecule has 1 aliphatic carbocycles. The Morgan fingerprint density at radius 3 is 2.81 bits per heavy atom. The molecule has 0 radical (unpaired) electrons. The molecule has 2 aromatic heterocycles. The second-order valence-electron chi connectivity index (χ2n) is 7.29. The summed E-state index contributed by atoms with van der Waals surface area (Å²) in [6.07, 6.45) is 6.81. The minimum atomic E-state index is 0.00260. The second-order valence-corrected chi connectivity index (χ2v) is 7.29. The number of fused-ring (bicyclic) bond motifs is 1. The SMILES string of the molecule is Cc1cc(C(=O)N(Cc2nccn2C)[C@@H]2CCCc3ccccc32)n(C)n1. The van der Waals surface area contributed by atoms with Crippen molar-refractivity contribution >= 4 is 5.91 Å². The van der Waals surface area contributed by atoms with E-state index in [2.05, 4.69) is 34.3 Å². The van der Waals surface area contributed by atoms with Gasteiger partial charge in [0.05, 0.1) is 18.3 Å². The highest BCUT2D eigenvalue weighted by Gasteiger charge is 2.32. The average molecular weight is 363 g/mol. The van der Waals surface area contributed by atoms with Gasteiger partial charge >= 0.3 is 0 Å². The van der Waals surface area contributed by atoms with Crippen LogP contribution in [0.1, 0.15) is 52.0 Å². The third-order valence-electron chi connectivity index (χ3n) is 5.43. The lowest BCUT2D eigenvalue weighted by Crippen LogP contribution is -2.37. The van der Waals surface area contributed by atoms with Crippen molar-refractivity contribution in [2.45, 2.75) is 38.8 Å². The first-order valence-electron chi connectivity index (χ1n) is 9.40. The molecule has 3 aromatic rings. The summed E-state index contributed by atoms with van der Waals surface area (Å²) in [6, 6.07) is 10.4.